The molecule has 0 bridgehead atoms. The summed E-state index contributed by atoms with van der Waals surface area (Å²) in [5.41, 5.74) is 0. The molecular weight excluding hydrogens is 262 g/mol. The first-order valence-corrected chi connectivity index (χ1v) is 7.59. The maximum atomic E-state index is 10.7. The van der Waals surface area contributed by atoms with Crippen LogP contribution in [0.3, 0.4) is 0 Å². The minimum atomic E-state index is -0.794. The second-order valence-corrected chi connectivity index (χ2v) is 5.07. The van der Waals surface area contributed by atoms with E-state index >= 15 is 0 Å². The number of carboxylic acids is 1. The van der Waals surface area contributed by atoms with Gasteiger partial charge in [0.05, 0.1) is 6.54 Å². The van der Waals surface area contributed by atoms with Crippen molar-refractivity contribution in [1.82, 2.24) is 4.90 Å². The van der Waals surface area contributed by atoms with Gasteiger partial charge in [-0.2, -0.15) is 0 Å². The highest BCUT2D eigenvalue weighted by Gasteiger charge is 2.08. The Morgan fingerprint density at radius 1 is 1.32 bits per heavy atom. The number of carbonyl (C=O) groups is 1. The van der Waals surface area contributed by atoms with Crippen LogP contribution >= 0.6 is 11.8 Å². The van der Waals surface area contributed by atoms with Crippen LogP contribution in [0, 0.1) is 0 Å². The van der Waals surface area contributed by atoms with Crippen LogP contribution < -0.4 is 4.74 Å². The standard InChI is InChI=1S/C14H21NO3S/c1-3-8-15(11-14(16)17)9-10-18-12-4-6-13(19-2)7-5-12/h4-7H,3,8-11H2,1-2H3,(H,16,17). The van der Waals surface area contributed by atoms with Crippen LogP contribution in [0.25, 0.3) is 0 Å². The fraction of sp³-hybridized carbons (Fsp3) is 0.500. The zero-order valence-electron chi connectivity index (χ0n) is 11.5. The van der Waals surface area contributed by atoms with Crippen molar-refractivity contribution < 1.29 is 14.6 Å². The SMILES string of the molecule is CCCN(CCOc1ccc(SC)cc1)CC(=O)O. The molecule has 0 spiro atoms. The van der Waals surface area contributed by atoms with Crippen molar-refractivity contribution in [1.29, 1.82) is 0 Å². The number of nitrogens with zero attached hydrogens (tertiary/aromatic N) is 1. The van der Waals surface area contributed by atoms with E-state index in [0.29, 0.717) is 13.2 Å². The molecule has 0 aliphatic heterocycles. The zero-order valence-corrected chi connectivity index (χ0v) is 12.3. The van der Waals surface area contributed by atoms with E-state index in [4.69, 9.17) is 9.84 Å². The molecule has 0 heterocycles. The highest BCUT2D eigenvalue weighted by Crippen LogP contribution is 2.18. The lowest BCUT2D eigenvalue weighted by Gasteiger charge is -2.19. The van der Waals surface area contributed by atoms with E-state index in [2.05, 4.69) is 0 Å². The van der Waals surface area contributed by atoms with E-state index in [-0.39, 0.29) is 6.54 Å². The first-order valence-electron chi connectivity index (χ1n) is 6.36. The quantitative estimate of drug-likeness (QED) is 0.706. The predicted molar refractivity (Wildman–Crippen MR) is 78.1 cm³/mol. The number of carboxylic acid groups (broad SMARTS) is 1. The van der Waals surface area contributed by atoms with Crippen molar-refractivity contribution in [3.8, 4) is 5.75 Å². The van der Waals surface area contributed by atoms with Crippen LogP contribution in [-0.4, -0.2) is 48.5 Å². The van der Waals surface area contributed by atoms with Gasteiger partial charge in [0.25, 0.3) is 0 Å². The Bertz CT molecular complexity index is 381. The van der Waals surface area contributed by atoms with Gasteiger partial charge in [0.15, 0.2) is 0 Å². The summed E-state index contributed by atoms with van der Waals surface area (Å²) in [5.74, 6) is 0.0300. The first-order chi connectivity index (χ1) is 9.15. The van der Waals surface area contributed by atoms with Crippen LogP contribution in [0.4, 0.5) is 0 Å². The number of ether oxygens (including phenoxy) is 1. The number of hydrogen-bond acceptors (Lipinski definition) is 4. The third-order valence-electron chi connectivity index (χ3n) is 2.63. The molecule has 0 amide bonds. The summed E-state index contributed by atoms with van der Waals surface area (Å²) < 4.78 is 5.62. The van der Waals surface area contributed by atoms with Crippen LogP contribution in [0.5, 0.6) is 5.75 Å². The Labute approximate surface area is 118 Å². The molecular formula is C14H21NO3S. The van der Waals surface area contributed by atoms with Gasteiger partial charge in [-0.05, 0) is 43.5 Å². The lowest BCUT2D eigenvalue weighted by molar-refractivity contribution is -0.138. The largest absolute Gasteiger partial charge is 0.492 e. The molecule has 106 valence electrons. The van der Waals surface area contributed by atoms with Crippen LogP contribution in [0.1, 0.15) is 13.3 Å². The average Bonchev–Trinajstić information content (AvgIpc) is 2.39. The summed E-state index contributed by atoms with van der Waals surface area (Å²) in [6.07, 6.45) is 2.97. The van der Waals surface area contributed by atoms with E-state index in [1.807, 2.05) is 42.3 Å². The molecule has 0 aliphatic rings. The number of aliphatic carboxylic acids is 1. The number of hydrogen-bond donors (Lipinski definition) is 1. The van der Waals surface area contributed by atoms with Crippen LogP contribution in [-0.2, 0) is 4.79 Å². The minimum absolute atomic E-state index is 0.0720. The number of rotatable bonds is 9. The van der Waals surface area contributed by atoms with E-state index in [9.17, 15) is 4.79 Å². The molecule has 4 nitrogen and oxygen atoms in total. The fourth-order valence-electron chi connectivity index (χ4n) is 1.74. The van der Waals surface area contributed by atoms with Crippen LogP contribution in [0.2, 0.25) is 0 Å². The molecule has 0 aromatic heterocycles. The topological polar surface area (TPSA) is 49.8 Å². The third kappa shape index (κ3) is 6.50. The van der Waals surface area contributed by atoms with Crippen molar-refractivity contribution in [2.45, 2.75) is 18.2 Å². The molecule has 0 saturated heterocycles. The summed E-state index contributed by atoms with van der Waals surface area (Å²) >= 11 is 1.69. The third-order valence-corrected chi connectivity index (χ3v) is 3.38. The Kier molecular flexibility index (Phi) is 7.36. The molecule has 0 atom stereocenters. The lowest BCUT2D eigenvalue weighted by atomic mass is 10.3. The van der Waals surface area contributed by atoms with Gasteiger partial charge in [-0.15, -0.1) is 11.8 Å². The molecule has 0 saturated carbocycles. The Morgan fingerprint density at radius 3 is 2.53 bits per heavy atom. The zero-order chi connectivity index (χ0) is 14.1. The van der Waals surface area contributed by atoms with Crippen molar-refractivity contribution >= 4 is 17.7 Å². The second kappa shape index (κ2) is 8.82. The second-order valence-electron chi connectivity index (χ2n) is 4.19. The summed E-state index contributed by atoms with van der Waals surface area (Å²) in [4.78, 5) is 13.8. The van der Waals surface area contributed by atoms with Crippen molar-refractivity contribution in [2.75, 3.05) is 32.5 Å². The van der Waals surface area contributed by atoms with E-state index in [0.717, 1.165) is 18.7 Å². The number of thioether (sulfide) groups is 1. The first kappa shape index (κ1) is 15.9. The van der Waals surface area contributed by atoms with Gasteiger partial charge in [-0.25, -0.2) is 0 Å². The van der Waals surface area contributed by atoms with Gasteiger partial charge in [0.1, 0.15) is 12.4 Å². The van der Waals surface area contributed by atoms with Crippen LogP contribution in [0.15, 0.2) is 29.2 Å². The molecule has 0 aliphatic carbocycles. The van der Waals surface area contributed by atoms with Crippen molar-refractivity contribution in [3.63, 3.8) is 0 Å². The predicted octanol–water partition coefficient (Wildman–Crippen LogP) is 2.58. The summed E-state index contributed by atoms with van der Waals surface area (Å²) in [6.45, 7) is 4.02. The smallest absolute Gasteiger partial charge is 0.317 e. The van der Waals surface area contributed by atoms with E-state index in [1.165, 1.54) is 4.90 Å². The van der Waals surface area contributed by atoms with Gasteiger partial charge in [-0.3, -0.25) is 9.69 Å². The monoisotopic (exact) mass is 283 g/mol. The Hall–Kier alpha value is -1.20. The molecule has 1 N–H and O–H groups in total. The normalized spacial score (nSPS) is 10.7. The maximum Gasteiger partial charge on any atom is 0.317 e. The highest BCUT2D eigenvalue weighted by molar-refractivity contribution is 7.98. The van der Waals surface area contributed by atoms with Gasteiger partial charge in [-0.1, -0.05) is 6.92 Å². The molecule has 0 fully saturated rings. The Morgan fingerprint density at radius 2 is 2.00 bits per heavy atom. The molecule has 1 aromatic carbocycles. The fourth-order valence-corrected chi connectivity index (χ4v) is 2.15. The minimum Gasteiger partial charge on any atom is -0.492 e. The summed E-state index contributed by atoms with van der Waals surface area (Å²) in [6, 6.07) is 7.91. The van der Waals surface area contributed by atoms with Crippen molar-refractivity contribution in [3.05, 3.63) is 24.3 Å². The average molecular weight is 283 g/mol. The molecule has 5 heteroatoms. The highest BCUT2D eigenvalue weighted by atomic mass is 32.2. The van der Waals surface area contributed by atoms with Crippen molar-refractivity contribution in [2.24, 2.45) is 0 Å². The molecule has 19 heavy (non-hydrogen) atoms. The molecule has 1 rings (SSSR count). The van der Waals surface area contributed by atoms with E-state index in [1.54, 1.807) is 11.8 Å². The van der Waals surface area contributed by atoms with Gasteiger partial charge in [0, 0.05) is 11.4 Å². The van der Waals surface area contributed by atoms with E-state index < -0.39 is 5.97 Å². The van der Waals surface area contributed by atoms with Gasteiger partial charge >= 0.3 is 5.97 Å². The molecule has 0 unspecified atom stereocenters. The molecule has 1 aromatic rings. The summed E-state index contributed by atoms with van der Waals surface area (Å²) in [7, 11) is 0. The molecule has 0 radical (unpaired) electrons. The van der Waals surface area contributed by atoms with Gasteiger partial charge in [0.2, 0.25) is 0 Å². The number of benzene rings is 1. The summed E-state index contributed by atoms with van der Waals surface area (Å²) in [5, 5.41) is 8.80. The lowest BCUT2D eigenvalue weighted by Crippen LogP contribution is -2.34. The Balaban J connectivity index is 2.35. The maximum absolute atomic E-state index is 10.7. The van der Waals surface area contributed by atoms with Gasteiger partial charge < -0.3 is 9.84 Å².